The fraction of sp³-hybridized carbons (Fsp3) is 0.625. The molecule has 0 aliphatic heterocycles. The number of hydrogen-bond acceptors (Lipinski definition) is 4. The first-order valence-corrected chi connectivity index (χ1v) is 11.1. The van der Waals surface area contributed by atoms with E-state index in [1.165, 1.54) is 0 Å². The van der Waals surface area contributed by atoms with Crippen molar-refractivity contribution in [3.8, 4) is 0 Å². The minimum atomic E-state index is -1.77. The third kappa shape index (κ3) is 4.97. The van der Waals surface area contributed by atoms with E-state index in [4.69, 9.17) is 28.2 Å². The van der Waals surface area contributed by atoms with E-state index in [0.717, 1.165) is 5.69 Å². The molecule has 1 aromatic rings. The van der Waals surface area contributed by atoms with E-state index in [0.29, 0.717) is 18.1 Å². The molecule has 0 radical (unpaired) electrons. The van der Waals surface area contributed by atoms with Crippen molar-refractivity contribution in [1.82, 2.24) is 4.98 Å². The molecule has 0 aromatic carbocycles. The summed E-state index contributed by atoms with van der Waals surface area (Å²) in [7, 11) is -1.77. The third-order valence-corrected chi connectivity index (χ3v) is 9.29. The smallest absolute Gasteiger partial charge is 0.191 e. The summed E-state index contributed by atoms with van der Waals surface area (Å²) in [4.78, 5) is 8.71. The van der Waals surface area contributed by atoms with E-state index in [1.54, 1.807) is 12.3 Å². The fourth-order valence-corrected chi connectivity index (χ4v) is 3.17. The summed E-state index contributed by atoms with van der Waals surface area (Å²) in [5.74, 6) is 0. The Labute approximate surface area is 145 Å². The van der Waals surface area contributed by atoms with E-state index in [9.17, 15) is 0 Å². The van der Waals surface area contributed by atoms with Gasteiger partial charge in [0.15, 0.2) is 8.32 Å². The quantitative estimate of drug-likeness (QED) is 0.385. The van der Waals surface area contributed by atoms with Crippen LogP contribution in [0.2, 0.25) is 23.2 Å². The highest BCUT2D eigenvalue weighted by atomic mass is 35.5. The molecule has 0 saturated heterocycles. The number of rotatable bonds is 6. The average Bonchev–Trinajstić information content (AvgIpc) is 2.37. The monoisotopic (exact) mass is 356 g/mol. The highest BCUT2D eigenvalue weighted by Crippen LogP contribution is 2.37. The van der Waals surface area contributed by atoms with Crippen LogP contribution in [-0.2, 0) is 9.96 Å². The van der Waals surface area contributed by atoms with Gasteiger partial charge in [0.25, 0.3) is 0 Å². The summed E-state index contributed by atoms with van der Waals surface area (Å²) < 4.78 is 6.24. The molecule has 1 aromatic heterocycles. The van der Waals surface area contributed by atoms with Gasteiger partial charge in [-0.1, -0.05) is 32.4 Å². The zero-order valence-electron chi connectivity index (χ0n) is 14.2. The number of aromatic nitrogens is 1. The van der Waals surface area contributed by atoms with Crippen molar-refractivity contribution < 1.29 is 4.43 Å². The molecule has 0 fully saturated rings. The van der Waals surface area contributed by atoms with Gasteiger partial charge in [-0.05, 0) is 49.4 Å². The highest BCUT2D eigenvalue weighted by Gasteiger charge is 2.38. The van der Waals surface area contributed by atoms with Gasteiger partial charge >= 0.3 is 0 Å². The maximum absolute atomic E-state index is 6.24. The minimum Gasteiger partial charge on any atom is -0.417 e. The van der Waals surface area contributed by atoms with Gasteiger partial charge in [-0.15, -0.1) is 0 Å². The van der Waals surface area contributed by atoms with E-state index in [-0.39, 0.29) is 5.04 Å². The first kappa shape index (κ1) is 19.5. The summed E-state index contributed by atoms with van der Waals surface area (Å²) in [6.07, 6.45) is 2.38. The van der Waals surface area contributed by atoms with Crippen LogP contribution in [0.15, 0.2) is 23.3 Å². The number of hydrogen-bond donors (Lipinski definition) is 0. The Bertz CT molecular complexity index is 568. The largest absolute Gasteiger partial charge is 0.417 e. The van der Waals surface area contributed by atoms with Crippen LogP contribution < -0.4 is 0 Å². The van der Waals surface area contributed by atoms with Crippen molar-refractivity contribution in [3.63, 3.8) is 0 Å². The topological polar surface area (TPSA) is 34.5 Å². The molecule has 0 aliphatic carbocycles. The molecule has 122 valence electrons. The van der Waals surface area contributed by atoms with Gasteiger partial charge < -0.3 is 4.43 Å². The van der Waals surface area contributed by atoms with Crippen molar-refractivity contribution >= 4 is 37.3 Å². The molecule has 1 rings (SSSR count). The predicted molar refractivity (Wildman–Crippen MR) is 99.4 cm³/mol. The summed E-state index contributed by atoms with van der Waals surface area (Å²) in [6.45, 7) is 13.8. The van der Waals surface area contributed by atoms with Crippen LogP contribution >= 0.6 is 23.8 Å². The van der Waals surface area contributed by atoms with E-state index in [2.05, 4.69) is 49.0 Å². The van der Waals surface area contributed by atoms with Crippen LogP contribution in [-0.4, -0.2) is 25.1 Å². The van der Waals surface area contributed by atoms with Gasteiger partial charge in [0.2, 0.25) is 0 Å². The molecule has 22 heavy (non-hydrogen) atoms. The van der Waals surface area contributed by atoms with Crippen LogP contribution in [0.3, 0.4) is 0 Å². The standard InChI is InChI=1S/C16H25ClN2OSSi/c1-15(2,3)22(5,6)20-10-8-16(4,19-12-21)14-11-13(17)7-9-18-14/h7,9,11H,8,10H2,1-6H3/t16-/m0/s1. The van der Waals surface area contributed by atoms with Gasteiger partial charge in [-0.25, -0.2) is 4.99 Å². The average molecular weight is 357 g/mol. The number of aliphatic imine (C=N–C) groups is 1. The van der Waals surface area contributed by atoms with Crippen molar-refractivity contribution in [1.29, 1.82) is 0 Å². The third-order valence-electron chi connectivity index (χ3n) is 4.42. The Morgan fingerprint density at radius 3 is 2.50 bits per heavy atom. The molecule has 1 heterocycles. The molecule has 3 nitrogen and oxygen atoms in total. The molecule has 0 amide bonds. The van der Waals surface area contributed by atoms with Crippen LogP contribution in [0, 0.1) is 0 Å². The lowest BCUT2D eigenvalue weighted by Gasteiger charge is -2.37. The predicted octanol–water partition coefficient (Wildman–Crippen LogP) is 5.46. The molecule has 0 spiro atoms. The zero-order chi connectivity index (χ0) is 17.0. The van der Waals surface area contributed by atoms with Gasteiger partial charge in [0.05, 0.1) is 10.9 Å². The molecule has 6 heteroatoms. The number of pyridine rings is 1. The van der Waals surface area contributed by atoms with Gasteiger partial charge in [0, 0.05) is 24.2 Å². The number of halogens is 1. The molecular formula is C16H25ClN2OSSi. The number of isothiocyanates is 1. The maximum atomic E-state index is 6.24. The van der Waals surface area contributed by atoms with Crippen molar-refractivity contribution in [2.75, 3.05) is 6.61 Å². The Morgan fingerprint density at radius 2 is 2.00 bits per heavy atom. The van der Waals surface area contributed by atoms with Crippen molar-refractivity contribution in [2.45, 2.75) is 57.8 Å². The van der Waals surface area contributed by atoms with Gasteiger partial charge in [-0.2, -0.15) is 0 Å². The lowest BCUT2D eigenvalue weighted by Crippen LogP contribution is -2.41. The maximum Gasteiger partial charge on any atom is 0.191 e. The van der Waals surface area contributed by atoms with E-state index in [1.807, 2.05) is 13.0 Å². The summed E-state index contributed by atoms with van der Waals surface area (Å²) in [5, 5.41) is 3.31. The zero-order valence-corrected chi connectivity index (χ0v) is 16.8. The van der Waals surface area contributed by atoms with Gasteiger partial charge in [-0.3, -0.25) is 4.98 Å². The Hall–Kier alpha value is -0.583. The van der Waals surface area contributed by atoms with Crippen LogP contribution in [0.1, 0.15) is 39.8 Å². The van der Waals surface area contributed by atoms with E-state index < -0.39 is 13.9 Å². The molecule has 0 bridgehead atoms. The normalized spacial score (nSPS) is 15.0. The minimum absolute atomic E-state index is 0.186. The molecule has 0 unspecified atom stereocenters. The summed E-state index contributed by atoms with van der Waals surface area (Å²) in [5.41, 5.74) is 0.228. The summed E-state index contributed by atoms with van der Waals surface area (Å²) in [6, 6.07) is 3.57. The van der Waals surface area contributed by atoms with Crippen molar-refractivity contribution in [3.05, 3.63) is 29.0 Å². The Balaban J connectivity index is 2.88. The first-order valence-electron chi connectivity index (χ1n) is 7.37. The SMILES string of the molecule is CC(C)(C)[Si](C)(C)OCC[C@](C)(N=C=S)c1cc(Cl)ccn1. The highest BCUT2D eigenvalue weighted by molar-refractivity contribution is 7.78. The van der Waals surface area contributed by atoms with Crippen LogP contribution in [0.5, 0.6) is 0 Å². The molecular weight excluding hydrogens is 332 g/mol. The fourth-order valence-electron chi connectivity index (χ4n) is 1.76. The lowest BCUT2D eigenvalue weighted by molar-refractivity contribution is 0.245. The van der Waals surface area contributed by atoms with Crippen LogP contribution in [0.4, 0.5) is 0 Å². The Morgan fingerprint density at radius 1 is 1.36 bits per heavy atom. The molecule has 0 saturated carbocycles. The summed E-state index contributed by atoms with van der Waals surface area (Å²) >= 11 is 10.9. The molecule has 1 atom stereocenters. The van der Waals surface area contributed by atoms with E-state index >= 15 is 0 Å². The number of thiocarbonyl (C=S) groups is 1. The first-order chi connectivity index (χ1) is 10.0. The van der Waals surface area contributed by atoms with Crippen molar-refractivity contribution in [2.24, 2.45) is 4.99 Å². The van der Waals surface area contributed by atoms with Crippen LogP contribution in [0.25, 0.3) is 0 Å². The second-order valence-electron chi connectivity index (χ2n) is 7.20. The molecule has 0 N–H and O–H groups in total. The second kappa shape index (κ2) is 7.32. The van der Waals surface area contributed by atoms with Gasteiger partial charge in [0.1, 0.15) is 5.54 Å². The second-order valence-corrected chi connectivity index (χ2v) is 12.6. The molecule has 0 aliphatic rings. The Kier molecular flexibility index (Phi) is 6.48. The number of nitrogens with zero attached hydrogens (tertiary/aromatic N) is 2. The lowest BCUT2D eigenvalue weighted by atomic mass is 9.94.